The van der Waals surface area contributed by atoms with E-state index in [0.717, 1.165) is 31.1 Å². The molecule has 3 nitrogen and oxygen atoms in total. The van der Waals surface area contributed by atoms with Gasteiger partial charge in [0.05, 0.1) is 0 Å². The Bertz CT molecular complexity index is 347. The van der Waals surface area contributed by atoms with Crippen LogP contribution in [0.15, 0.2) is 12.1 Å². The SMILES string of the molecule is CCC(C)c1ccc2c(n1)OCCNC2.Cl.Cl. The molecule has 0 saturated carbocycles. The normalized spacial score (nSPS) is 15.4. The maximum Gasteiger partial charge on any atom is 0.218 e. The molecule has 1 N–H and O–H groups in total. The molecule has 0 spiro atoms. The van der Waals surface area contributed by atoms with Gasteiger partial charge in [-0.15, -0.1) is 24.8 Å². The fourth-order valence-electron chi connectivity index (χ4n) is 1.67. The molecule has 1 aliphatic heterocycles. The van der Waals surface area contributed by atoms with Gasteiger partial charge in [-0.1, -0.05) is 19.9 Å². The second kappa shape index (κ2) is 7.75. The van der Waals surface area contributed by atoms with Crippen LogP contribution in [0.1, 0.15) is 37.4 Å². The number of hydrogen-bond acceptors (Lipinski definition) is 3. The van der Waals surface area contributed by atoms with Crippen LogP contribution >= 0.6 is 24.8 Å². The van der Waals surface area contributed by atoms with Crippen molar-refractivity contribution in [3.05, 3.63) is 23.4 Å². The van der Waals surface area contributed by atoms with Gasteiger partial charge in [-0.2, -0.15) is 0 Å². The molecule has 98 valence electrons. The Labute approximate surface area is 115 Å². The average Bonchev–Trinajstić information content (AvgIpc) is 2.51. The number of ether oxygens (including phenoxy) is 1. The molecule has 1 unspecified atom stereocenters. The molecule has 0 radical (unpaired) electrons. The smallest absolute Gasteiger partial charge is 0.218 e. The Morgan fingerprint density at radius 1 is 1.41 bits per heavy atom. The number of aromatic nitrogens is 1. The van der Waals surface area contributed by atoms with Crippen LogP contribution < -0.4 is 10.1 Å². The van der Waals surface area contributed by atoms with Crippen molar-refractivity contribution >= 4 is 24.8 Å². The third kappa shape index (κ3) is 4.02. The molecular weight excluding hydrogens is 259 g/mol. The molecule has 0 bridgehead atoms. The van der Waals surface area contributed by atoms with E-state index in [0.29, 0.717) is 12.5 Å². The number of hydrogen-bond donors (Lipinski definition) is 1. The minimum atomic E-state index is 0. The number of nitrogens with one attached hydrogen (secondary N) is 1. The highest BCUT2D eigenvalue weighted by Gasteiger charge is 2.12. The molecule has 0 aliphatic carbocycles. The maximum absolute atomic E-state index is 5.61. The van der Waals surface area contributed by atoms with Crippen LogP contribution in [0, 0.1) is 0 Å². The fourth-order valence-corrected chi connectivity index (χ4v) is 1.67. The lowest BCUT2D eigenvalue weighted by atomic mass is 10.0. The molecule has 1 aliphatic rings. The summed E-state index contributed by atoms with van der Waals surface area (Å²) in [6.45, 7) is 6.85. The Kier molecular flexibility index (Phi) is 7.51. The van der Waals surface area contributed by atoms with E-state index in [9.17, 15) is 0 Å². The Balaban J connectivity index is 0.00000128. The number of nitrogens with zero attached hydrogens (tertiary/aromatic N) is 1. The van der Waals surface area contributed by atoms with Gasteiger partial charge in [-0.05, 0) is 18.4 Å². The lowest BCUT2D eigenvalue weighted by Gasteiger charge is -2.11. The van der Waals surface area contributed by atoms with Crippen LogP contribution in [0.25, 0.3) is 0 Å². The van der Waals surface area contributed by atoms with Crippen molar-refractivity contribution in [1.82, 2.24) is 10.3 Å². The van der Waals surface area contributed by atoms with Crippen molar-refractivity contribution in [2.45, 2.75) is 32.7 Å². The molecule has 1 atom stereocenters. The van der Waals surface area contributed by atoms with Crippen molar-refractivity contribution in [3.63, 3.8) is 0 Å². The minimum Gasteiger partial charge on any atom is -0.476 e. The summed E-state index contributed by atoms with van der Waals surface area (Å²) >= 11 is 0. The number of rotatable bonds is 2. The van der Waals surface area contributed by atoms with Gasteiger partial charge >= 0.3 is 0 Å². The van der Waals surface area contributed by atoms with Gasteiger partial charge in [0.15, 0.2) is 0 Å². The zero-order valence-corrected chi connectivity index (χ0v) is 11.9. The van der Waals surface area contributed by atoms with E-state index in [1.165, 1.54) is 5.56 Å². The molecule has 2 heterocycles. The zero-order valence-electron chi connectivity index (χ0n) is 10.2. The van der Waals surface area contributed by atoms with Crippen molar-refractivity contribution < 1.29 is 4.74 Å². The van der Waals surface area contributed by atoms with Crippen molar-refractivity contribution in [2.24, 2.45) is 0 Å². The third-order valence-electron chi connectivity index (χ3n) is 2.91. The number of fused-ring (bicyclic) bond motifs is 1. The predicted octanol–water partition coefficient (Wildman–Crippen LogP) is 2.92. The summed E-state index contributed by atoms with van der Waals surface area (Å²) in [6.07, 6.45) is 1.12. The van der Waals surface area contributed by atoms with Gasteiger partial charge in [0.2, 0.25) is 5.88 Å². The number of halogens is 2. The highest BCUT2D eigenvalue weighted by molar-refractivity contribution is 5.85. The van der Waals surface area contributed by atoms with E-state index >= 15 is 0 Å². The first-order valence-electron chi connectivity index (χ1n) is 5.64. The standard InChI is InChI=1S/C12H18N2O.2ClH/c1-3-9(2)11-5-4-10-8-13-6-7-15-12(10)14-11;;/h4-5,9,13H,3,6-8H2,1-2H3;2*1H. The summed E-state index contributed by atoms with van der Waals surface area (Å²) in [5.41, 5.74) is 2.30. The third-order valence-corrected chi connectivity index (χ3v) is 2.91. The highest BCUT2D eigenvalue weighted by Crippen LogP contribution is 2.23. The summed E-state index contributed by atoms with van der Waals surface area (Å²) in [7, 11) is 0. The average molecular weight is 279 g/mol. The Morgan fingerprint density at radius 3 is 2.88 bits per heavy atom. The second-order valence-corrected chi connectivity index (χ2v) is 4.03. The van der Waals surface area contributed by atoms with Crippen molar-refractivity contribution in [3.8, 4) is 5.88 Å². The summed E-state index contributed by atoms with van der Waals surface area (Å²) in [4.78, 5) is 4.58. The van der Waals surface area contributed by atoms with E-state index < -0.39 is 0 Å². The zero-order chi connectivity index (χ0) is 10.7. The van der Waals surface area contributed by atoms with Gasteiger partial charge < -0.3 is 10.1 Å². The van der Waals surface area contributed by atoms with Gasteiger partial charge in [0.25, 0.3) is 0 Å². The molecule has 17 heavy (non-hydrogen) atoms. The molecular formula is C12H20Cl2N2O. The molecule has 0 saturated heterocycles. The molecule has 2 rings (SSSR count). The van der Waals surface area contributed by atoms with Gasteiger partial charge in [-0.3, -0.25) is 0 Å². The quantitative estimate of drug-likeness (QED) is 0.903. The first-order valence-corrected chi connectivity index (χ1v) is 5.64. The topological polar surface area (TPSA) is 34.1 Å². The van der Waals surface area contributed by atoms with E-state index in [2.05, 4.69) is 36.3 Å². The minimum absolute atomic E-state index is 0. The fraction of sp³-hybridized carbons (Fsp3) is 0.583. The van der Waals surface area contributed by atoms with Crippen molar-refractivity contribution in [1.29, 1.82) is 0 Å². The molecule has 1 aromatic heterocycles. The van der Waals surface area contributed by atoms with Crippen LogP contribution in [0.2, 0.25) is 0 Å². The summed E-state index contributed by atoms with van der Waals surface area (Å²) in [5.74, 6) is 1.33. The van der Waals surface area contributed by atoms with Crippen molar-refractivity contribution in [2.75, 3.05) is 13.2 Å². The lowest BCUT2D eigenvalue weighted by Crippen LogP contribution is -2.16. The van der Waals surface area contributed by atoms with Crippen LogP contribution in [0.5, 0.6) is 5.88 Å². The molecule has 5 heteroatoms. The largest absolute Gasteiger partial charge is 0.476 e. The first-order chi connectivity index (χ1) is 7.31. The van der Waals surface area contributed by atoms with Crippen LogP contribution in [0.3, 0.4) is 0 Å². The summed E-state index contributed by atoms with van der Waals surface area (Å²) < 4.78 is 5.61. The molecule has 0 aromatic carbocycles. The first kappa shape index (κ1) is 16.5. The van der Waals surface area contributed by atoms with E-state index in [1.807, 2.05) is 0 Å². The molecule has 0 fully saturated rings. The molecule has 0 amide bonds. The van der Waals surface area contributed by atoms with Crippen LogP contribution in [-0.4, -0.2) is 18.1 Å². The highest BCUT2D eigenvalue weighted by atomic mass is 35.5. The van der Waals surface area contributed by atoms with E-state index in [4.69, 9.17) is 4.74 Å². The predicted molar refractivity (Wildman–Crippen MR) is 74.6 cm³/mol. The van der Waals surface area contributed by atoms with Crippen LogP contribution in [-0.2, 0) is 6.54 Å². The van der Waals surface area contributed by atoms with E-state index in [1.54, 1.807) is 0 Å². The summed E-state index contributed by atoms with van der Waals surface area (Å²) in [5, 5.41) is 3.30. The van der Waals surface area contributed by atoms with Gasteiger partial charge in [0.1, 0.15) is 6.61 Å². The van der Waals surface area contributed by atoms with E-state index in [-0.39, 0.29) is 24.8 Å². The van der Waals surface area contributed by atoms with Gasteiger partial charge in [0, 0.05) is 24.3 Å². The monoisotopic (exact) mass is 278 g/mol. The molecule has 1 aromatic rings. The summed E-state index contributed by atoms with van der Waals surface area (Å²) in [6, 6.07) is 4.24. The Morgan fingerprint density at radius 2 is 2.18 bits per heavy atom. The Hall–Kier alpha value is -0.510. The number of pyridine rings is 1. The van der Waals surface area contributed by atoms with Gasteiger partial charge in [-0.25, -0.2) is 4.98 Å². The second-order valence-electron chi connectivity index (χ2n) is 4.03. The van der Waals surface area contributed by atoms with Crippen LogP contribution in [0.4, 0.5) is 0 Å². The lowest BCUT2D eigenvalue weighted by molar-refractivity contribution is 0.312. The maximum atomic E-state index is 5.61.